The zero-order valence-corrected chi connectivity index (χ0v) is 17.4. The Bertz CT molecular complexity index is 955. The summed E-state index contributed by atoms with van der Waals surface area (Å²) in [5, 5.41) is 2.76. The highest BCUT2D eigenvalue weighted by Gasteiger charge is 2.27. The molecule has 1 aromatic heterocycles. The monoisotopic (exact) mass is 420 g/mol. The number of aryl methyl sites for hydroxylation is 1. The normalized spacial score (nSPS) is 15.1. The van der Waals surface area contributed by atoms with E-state index in [1.807, 2.05) is 24.5 Å². The molecule has 0 unspecified atom stereocenters. The molecular formula is C20H26N3O5S+. The molecule has 1 amide bonds. The number of morpholine rings is 1. The van der Waals surface area contributed by atoms with Crippen molar-refractivity contribution in [2.75, 3.05) is 38.7 Å². The minimum Gasteiger partial charge on any atom is -0.495 e. The second-order valence-electron chi connectivity index (χ2n) is 6.66. The van der Waals surface area contributed by atoms with Gasteiger partial charge in [-0.2, -0.15) is 8.87 Å². The molecule has 0 atom stereocenters. The van der Waals surface area contributed by atoms with Crippen LogP contribution in [0.1, 0.15) is 12.5 Å². The van der Waals surface area contributed by atoms with E-state index in [-0.39, 0.29) is 17.3 Å². The quantitative estimate of drug-likeness (QED) is 0.680. The van der Waals surface area contributed by atoms with Crippen LogP contribution in [0.5, 0.6) is 5.75 Å². The number of ether oxygens (including phenoxy) is 2. The summed E-state index contributed by atoms with van der Waals surface area (Å²) in [6.45, 7) is 3.52. The average molecular weight is 421 g/mol. The van der Waals surface area contributed by atoms with Crippen molar-refractivity contribution in [1.29, 1.82) is 0 Å². The molecule has 8 nitrogen and oxygen atoms in total. The van der Waals surface area contributed by atoms with Crippen LogP contribution >= 0.6 is 0 Å². The molecule has 2 aromatic rings. The van der Waals surface area contributed by atoms with Gasteiger partial charge in [0.05, 0.1) is 30.9 Å². The fourth-order valence-corrected chi connectivity index (χ4v) is 4.50. The average Bonchev–Trinajstić information content (AvgIpc) is 2.74. The van der Waals surface area contributed by atoms with Crippen LogP contribution in [0.2, 0.25) is 0 Å². The Morgan fingerprint density at radius 2 is 1.90 bits per heavy atom. The van der Waals surface area contributed by atoms with Crippen molar-refractivity contribution in [3.8, 4) is 5.75 Å². The van der Waals surface area contributed by atoms with Gasteiger partial charge < -0.3 is 14.8 Å². The molecular weight excluding hydrogens is 394 g/mol. The first-order valence-corrected chi connectivity index (χ1v) is 10.9. The molecule has 0 aliphatic carbocycles. The van der Waals surface area contributed by atoms with Gasteiger partial charge in [0.1, 0.15) is 5.75 Å². The van der Waals surface area contributed by atoms with Gasteiger partial charge in [-0.25, -0.2) is 8.42 Å². The second-order valence-corrected chi connectivity index (χ2v) is 8.60. The van der Waals surface area contributed by atoms with Gasteiger partial charge in [0, 0.05) is 25.2 Å². The maximum atomic E-state index is 12.9. The van der Waals surface area contributed by atoms with Gasteiger partial charge in [0.25, 0.3) is 5.91 Å². The number of pyridine rings is 1. The number of methoxy groups -OCH3 is 1. The molecule has 9 heteroatoms. The Morgan fingerprint density at radius 1 is 1.21 bits per heavy atom. The summed E-state index contributed by atoms with van der Waals surface area (Å²) in [5.41, 5.74) is 1.50. The Balaban J connectivity index is 1.78. The van der Waals surface area contributed by atoms with E-state index in [0.29, 0.717) is 37.7 Å². The summed E-state index contributed by atoms with van der Waals surface area (Å²) in [6.07, 6.45) is 4.61. The Hall–Kier alpha value is -2.49. The largest absolute Gasteiger partial charge is 0.495 e. The van der Waals surface area contributed by atoms with Crippen LogP contribution in [0.3, 0.4) is 0 Å². The lowest BCUT2D eigenvalue weighted by atomic mass is 10.2. The summed E-state index contributed by atoms with van der Waals surface area (Å²) in [7, 11) is -2.20. The topological polar surface area (TPSA) is 88.8 Å². The zero-order valence-electron chi connectivity index (χ0n) is 16.6. The van der Waals surface area contributed by atoms with Crippen LogP contribution in [-0.4, -0.2) is 52.0 Å². The molecule has 1 aromatic carbocycles. The van der Waals surface area contributed by atoms with Crippen molar-refractivity contribution in [3.63, 3.8) is 0 Å². The molecule has 1 aliphatic rings. The minimum absolute atomic E-state index is 0.105. The maximum absolute atomic E-state index is 12.9. The SMILES string of the molecule is CCc1cc[n+](CC(=O)Nc2cc(S(=O)(=O)N3CCOCC3)ccc2OC)cc1. The molecule has 1 saturated heterocycles. The fraction of sp³-hybridized carbons (Fsp3) is 0.400. The van der Waals surface area contributed by atoms with Crippen LogP contribution in [0.25, 0.3) is 0 Å². The maximum Gasteiger partial charge on any atom is 0.290 e. The Labute approximate surface area is 171 Å². The van der Waals surface area contributed by atoms with E-state index in [9.17, 15) is 13.2 Å². The van der Waals surface area contributed by atoms with Crippen molar-refractivity contribution in [3.05, 3.63) is 48.3 Å². The van der Waals surface area contributed by atoms with Crippen LogP contribution in [0.15, 0.2) is 47.6 Å². The molecule has 3 rings (SSSR count). The number of aromatic nitrogens is 1. The number of anilines is 1. The summed E-state index contributed by atoms with van der Waals surface area (Å²) >= 11 is 0. The van der Waals surface area contributed by atoms with Crippen molar-refractivity contribution in [2.45, 2.75) is 24.8 Å². The van der Waals surface area contributed by atoms with Gasteiger partial charge >= 0.3 is 0 Å². The lowest BCUT2D eigenvalue weighted by molar-refractivity contribution is -0.684. The van der Waals surface area contributed by atoms with Crippen molar-refractivity contribution >= 4 is 21.6 Å². The third-order valence-electron chi connectivity index (χ3n) is 4.75. The van der Waals surface area contributed by atoms with Crippen LogP contribution in [0, 0.1) is 0 Å². The molecule has 0 radical (unpaired) electrons. The molecule has 2 heterocycles. The van der Waals surface area contributed by atoms with E-state index < -0.39 is 10.0 Å². The number of hydrogen-bond donors (Lipinski definition) is 1. The molecule has 29 heavy (non-hydrogen) atoms. The van der Waals surface area contributed by atoms with Gasteiger partial charge in [0.15, 0.2) is 12.4 Å². The molecule has 1 fully saturated rings. The van der Waals surface area contributed by atoms with Crippen molar-refractivity contribution < 1.29 is 27.3 Å². The number of hydrogen-bond acceptors (Lipinski definition) is 5. The van der Waals surface area contributed by atoms with E-state index in [1.165, 1.54) is 29.1 Å². The molecule has 1 aliphatic heterocycles. The van der Waals surface area contributed by atoms with Crippen LogP contribution in [0.4, 0.5) is 5.69 Å². The number of nitrogens with one attached hydrogen (secondary N) is 1. The number of carbonyl (C=O) groups excluding carboxylic acids is 1. The van der Waals surface area contributed by atoms with E-state index in [4.69, 9.17) is 9.47 Å². The zero-order chi connectivity index (χ0) is 20.9. The van der Waals surface area contributed by atoms with Gasteiger partial charge in [-0.3, -0.25) is 4.79 Å². The number of nitrogens with zero attached hydrogens (tertiary/aromatic N) is 2. The summed E-state index contributed by atoms with van der Waals surface area (Å²) in [5.74, 6) is 0.115. The summed E-state index contributed by atoms with van der Waals surface area (Å²) in [6, 6.07) is 8.39. The van der Waals surface area contributed by atoms with Crippen LogP contribution < -0.4 is 14.6 Å². The first-order valence-electron chi connectivity index (χ1n) is 9.48. The number of sulfonamides is 1. The standard InChI is InChI=1S/C20H25N3O5S/c1-3-16-6-8-22(9-7-16)15-20(24)21-18-14-17(4-5-19(18)27-2)29(25,26)23-10-12-28-13-11-23/h4-9,14H,3,10-13,15H2,1-2H3/p+1. The predicted molar refractivity (Wildman–Crippen MR) is 107 cm³/mol. The summed E-state index contributed by atoms with van der Waals surface area (Å²) in [4.78, 5) is 12.6. The van der Waals surface area contributed by atoms with Gasteiger partial charge in [-0.15, -0.1) is 0 Å². The van der Waals surface area contributed by atoms with E-state index in [2.05, 4.69) is 12.2 Å². The lowest BCUT2D eigenvalue weighted by Gasteiger charge is -2.26. The van der Waals surface area contributed by atoms with Gasteiger partial charge in [0.2, 0.25) is 16.6 Å². The number of rotatable bonds is 7. The first-order chi connectivity index (χ1) is 13.9. The molecule has 1 N–H and O–H groups in total. The predicted octanol–water partition coefficient (Wildman–Crippen LogP) is 1.20. The summed E-state index contributed by atoms with van der Waals surface area (Å²) < 4.78 is 39.4. The van der Waals surface area contributed by atoms with Crippen LogP contribution in [-0.2, 0) is 32.5 Å². The Morgan fingerprint density at radius 3 is 2.52 bits per heavy atom. The molecule has 0 bridgehead atoms. The number of amides is 1. The highest BCUT2D eigenvalue weighted by atomic mass is 32.2. The van der Waals surface area contributed by atoms with E-state index in [1.54, 1.807) is 10.6 Å². The number of carbonyl (C=O) groups is 1. The first kappa shape index (κ1) is 21.2. The molecule has 0 saturated carbocycles. The third kappa shape index (κ3) is 5.11. The van der Waals surface area contributed by atoms with E-state index in [0.717, 1.165) is 6.42 Å². The molecule has 156 valence electrons. The smallest absolute Gasteiger partial charge is 0.290 e. The van der Waals surface area contributed by atoms with Gasteiger partial charge in [-0.1, -0.05) is 6.92 Å². The highest BCUT2D eigenvalue weighted by molar-refractivity contribution is 7.89. The second kappa shape index (κ2) is 9.34. The van der Waals surface area contributed by atoms with Crippen molar-refractivity contribution in [1.82, 2.24) is 4.31 Å². The van der Waals surface area contributed by atoms with Gasteiger partial charge in [-0.05, 0) is 30.2 Å². The fourth-order valence-electron chi connectivity index (χ4n) is 3.07. The minimum atomic E-state index is -3.67. The highest BCUT2D eigenvalue weighted by Crippen LogP contribution is 2.29. The number of benzene rings is 1. The Kier molecular flexibility index (Phi) is 6.83. The van der Waals surface area contributed by atoms with Crippen molar-refractivity contribution in [2.24, 2.45) is 0 Å². The molecule has 0 spiro atoms. The third-order valence-corrected chi connectivity index (χ3v) is 6.64. The van der Waals surface area contributed by atoms with E-state index >= 15 is 0 Å². The lowest BCUT2D eigenvalue weighted by Crippen LogP contribution is -2.40.